The minimum absolute atomic E-state index is 0.225. The molecule has 0 atom stereocenters. The third kappa shape index (κ3) is 5.27. The summed E-state index contributed by atoms with van der Waals surface area (Å²) >= 11 is 0. The first-order chi connectivity index (χ1) is 18.8. The number of ether oxygens (including phenoxy) is 1. The summed E-state index contributed by atoms with van der Waals surface area (Å²) in [4.78, 5) is 27.6. The largest absolute Gasteiger partial charge is 0.381 e. The van der Waals surface area contributed by atoms with Crippen molar-refractivity contribution in [3.05, 3.63) is 78.2 Å². The SMILES string of the molecule is O=C(CCc1ccccc1)N1CCCN(c2nc(C3CCOCC3)nc3c2cnn3-c2ccccc2)CC1. The molecule has 38 heavy (non-hydrogen) atoms. The van der Waals surface area contributed by atoms with Gasteiger partial charge in [-0.2, -0.15) is 5.10 Å². The molecule has 2 aromatic carbocycles. The number of hydrogen-bond donors (Lipinski definition) is 0. The van der Waals surface area contributed by atoms with Crippen molar-refractivity contribution in [3.8, 4) is 5.69 Å². The van der Waals surface area contributed by atoms with Crippen molar-refractivity contribution in [2.24, 2.45) is 0 Å². The summed E-state index contributed by atoms with van der Waals surface area (Å²) in [7, 11) is 0. The fourth-order valence-electron chi connectivity index (χ4n) is 5.48. The van der Waals surface area contributed by atoms with Crippen molar-refractivity contribution in [1.29, 1.82) is 0 Å². The molecule has 8 nitrogen and oxygen atoms in total. The molecule has 4 heterocycles. The number of carbonyl (C=O) groups excluding carboxylic acids is 1. The maximum Gasteiger partial charge on any atom is 0.222 e. The third-order valence-corrected chi connectivity index (χ3v) is 7.63. The van der Waals surface area contributed by atoms with Gasteiger partial charge in [-0.3, -0.25) is 4.79 Å². The highest BCUT2D eigenvalue weighted by Gasteiger charge is 2.26. The number of rotatable bonds is 6. The maximum absolute atomic E-state index is 13.1. The van der Waals surface area contributed by atoms with Crippen LogP contribution in [0.2, 0.25) is 0 Å². The lowest BCUT2D eigenvalue weighted by atomic mass is 9.99. The first-order valence-corrected chi connectivity index (χ1v) is 13.7. The Bertz CT molecular complexity index is 1370. The molecule has 0 saturated carbocycles. The molecule has 0 N–H and O–H groups in total. The maximum atomic E-state index is 13.1. The molecular weight excluding hydrogens is 476 g/mol. The molecule has 2 fully saturated rings. The fourth-order valence-corrected chi connectivity index (χ4v) is 5.48. The van der Waals surface area contributed by atoms with E-state index in [1.165, 1.54) is 5.56 Å². The van der Waals surface area contributed by atoms with E-state index >= 15 is 0 Å². The van der Waals surface area contributed by atoms with Gasteiger partial charge in [0, 0.05) is 51.7 Å². The number of aromatic nitrogens is 4. The highest BCUT2D eigenvalue weighted by molar-refractivity contribution is 5.88. The van der Waals surface area contributed by atoms with Gasteiger partial charge in [0.15, 0.2) is 5.65 Å². The van der Waals surface area contributed by atoms with Crippen molar-refractivity contribution in [2.45, 2.75) is 38.0 Å². The Hall–Kier alpha value is -3.78. The van der Waals surface area contributed by atoms with E-state index in [0.29, 0.717) is 13.0 Å². The number of amides is 1. The molecule has 2 aliphatic rings. The first kappa shape index (κ1) is 24.6. The van der Waals surface area contributed by atoms with Crippen molar-refractivity contribution in [2.75, 3.05) is 44.3 Å². The van der Waals surface area contributed by atoms with Crippen LogP contribution in [0.25, 0.3) is 16.7 Å². The lowest BCUT2D eigenvalue weighted by Gasteiger charge is -2.26. The van der Waals surface area contributed by atoms with E-state index in [0.717, 1.165) is 86.9 Å². The zero-order valence-corrected chi connectivity index (χ0v) is 21.7. The summed E-state index contributed by atoms with van der Waals surface area (Å²) < 4.78 is 7.53. The van der Waals surface area contributed by atoms with Crippen LogP contribution in [0.4, 0.5) is 5.82 Å². The third-order valence-electron chi connectivity index (χ3n) is 7.63. The Morgan fingerprint density at radius 3 is 2.45 bits per heavy atom. The van der Waals surface area contributed by atoms with E-state index in [2.05, 4.69) is 17.0 Å². The molecule has 0 aliphatic carbocycles. The van der Waals surface area contributed by atoms with E-state index in [9.17, 15) is 4.79 Å². The van der Waals surface area contributed by atoms with Crippen LogP contribution in [0.5, 0.6) is 0 Å². The second-order valence-corrected chi connectivity index (χ2v) is 10.1. The molecule has 0 bridgehead atoms. The molecule has 0 radical (unpaired) electrons. The van der Waals surface area contributed by atoms with E-state index in [1.807, 2.05) is 64.3 Å². The lowest BCUT2D eigenvalue weighted by molar-refractivity contribution is -0.130. The molecule has 196 valence electrons. The minimum atomic E-state index is 0.225. The molecule has 8 heteroatoms. The van der Waals surface area contributed by atoms with Crippen molar-refractivity contribution in [1.82, 2.24) is 24.6 Å². The highest BCUT2D eigenvalue weighted by Crippen LogP contribution is 2.31. The fraction of sp³-hybridized carbons (Fsp3) is 0.400. The van der Waals surface area contributed by atoms with Gasteiger partial charge < -0.3 is 14.5 Å². The lowest BCUT2D eigenvalue weighted by Crippen LogP contribution is -2.35. The molecule has 1 amide bonds. The zero-order chi connectivity index (χ0) is 25.7. The summed E-state index contributed by atoms with van der Waals surface area (Å²) in [5.74, 6) is 2.29. The Labute approximate surface area is 223 Å². The highest BCUT2D eigenvalue weighted by atomic mass is 16.5. The van der Waals surface area contributed by atoms with Crippen LogP contribution >= 0.6 is 0 Å². The second kappa shape index (κ2) is 11.3. The summed E-state index contributed by atoms with van der Waals surface area (Å²) in [6.07, 6.45) is 5.96. The van der Waals surface area contributed by atoms with E-state index < -0.39 is 0 Å². The van der Waals surface area contributed by atoms with E-state index in [-0.39, 0.29) is 11.8 Å². The van der Waals surface area contributed by atoms with Crippen LogP contribution in [0.3, 0.4) is 0 Å². The predicted octanol–water partition coefficient (Wildman–Crippen LogP) is 4.38. The van der Waals surface area contributed by atoms with Gasteiger partial charge in [-0.05, 0) is 43.4 Å². The number of para-hydroxylation sites is 1. The number of benzene rings is 2. The Balaban J connectivity index is 1.26. The Morgan fingerprint density at radius 1 is 0.895 bits per heavy atom. The first-order valence-electron chi connectivity index (χ1n) is 13.7. The molecule has 0 spiro atoms. The van der Waals surface area contributed by atoms with Gasteiger partial charge in [0.1, 0.15) is 11.6 Å². The number of carbonyl (C=O) groups is 1. The van der Waals surface area contributed by atoms with Crippen molar-refractivity contribution < 1.29 is 9.53 Å². The van der Waals surface area contributed by atoms with Gasteiger partial charge in [-0.25, -0.2) is 14.6 Å². The average molecular weight is 511 g/mol. The molecule has 0 unspecified atom stereocenters. The van der Waals surface area contributed by atoms with Gasteiger partial charge in [0.05, 0.1) is 17.3 Å². The summed E-state index contributed by atoms with van der Waals surface area (Å²) in [6.45, 7) is 4.53. The van der Waals surface area contributed by atoms with Gasteiger partial charge >= 0.3 is 0 Å². The second-order valence-electron chi connectivity index (χ2n) is 10.1. The molecule has 6 rings (SSSR count). The van der Waals surface area contributed by atoms with Crippen LogP contribution in [0, 0.1) is 0 Å². The van der Waals surface area contributed by atoms with Crippen molar-refractivity contribution >= 4 is 22.8 Å². The Kier molecular flexibility index (Phi) is 7.31. The van der Waals surface area contributed by atoms with Gasteiger partial charge in [0.25, 0.3) is 0 Å². The summed E-state index contributed by atoms with van der Waals surface area (Å²) in [5.41, 5.74) is 3.02. The number of nitrogens with zero attached hydrogens (tertiary/aromatic N) is 6. The van der Waals surface area contributed by atoms with Crippen LogP contribution in [0.15, 0.2) is 66.9 Å². The molecule has 2 saturated heterocycles. The van der Waals surface area contributed by atoms with Crippen molar-refractivity contribution in [3.63, 3.8) is 0 Å². The van der Waals surface area contributed by atoms with Gasteiger partial charge in [-0.1, -0.05) is 48.5 Å². The number of anilines is 1. The molecule has 4 aromatic rings. The monoisotopic (exact) mass is 510 g/mol. The molecular formula is C30H34N6O2. The van der Waals surface area contributed by atoms with Gasteiger partial charge in [0.2, 0.25) is 5.91 Å². The summed E-state index contributed by atoms with van der Waals surface area (Å²) in [6, 6.07) is 20.4. The van der Waals surface area contributed by atoms with Crippen LogP contribution < -0.4 is 4.90 Å². The van der Waals surface area contributed by atoms with Crippen LogP contribution in [0.1, 0.15) is 43.0 Å². The van der Waals surface area contributed by atoms with Crippen LogP contribution in [-0.2, 0) is 16.0 Å². The number of fused-ring (bicyclic) bond motifs is 1. The standard InChI is InChI=1S/C30H34N6O2/c37-27(13-12-23-8-3-1-4-9-23)34-16-7-17-35(19-18-34)29-26-22-31-36(25-10-5-2-6-11-25)30(26)33-28(32-29)24-14-20-38-21-15-24/h1-6,8-11,22,24H,7,12-21H2. The van der Waals surface area contributed by atoms with E-state index in [1.54, 1.807) is 0 Å². The number of aryl methyl sites for hydroxylation is 1. The quantitative estimate of drug-likeness (QED) is 0.383. The van der Waals surface area contributed by atoms with Crippen LogP contribution in [-0.4, -0.2) is 69.9 Å². The summed E-state index contributed by atoms with van der Waals surface area (Å²) in [5, 5.41) is 5.68. The normalized spacial score (nSPS) is 17.1. The van der Waals surface area contributed by atoms with E-state index in [4.69, 9.17) is 19.8 Å². The smallest absolute Gasteiger partial charge is 0.222 e. The topological polar surface area (TPSA) is 76.4 Å². The predicted molar refractivity (Wildman–Crippen MR) is 148 cm³/mol. The number of hydrogen-bond acceptors (Lipinski definition) is 6. The average Bonchev–Trinajstić information content (AvgIpc) is 3.26. The Morgan fingerprint density at radius 2 is 1.66 bits per heavy atom. The molecule has 2 aliphatic heterocycles. The van der Waals surface area contributed by atoms with Gasteiger partial charge in [-0.15, -0.1) is 0 Å². The minimum Gasteiger partial charge on any atom is -0.381 e. The molecule has 2 aromatic heterocycles. The zero-order valence-electron chi connectivity index (χ0n) is 21.7.